The van der Waals surface area contributed by atoms with Crippen molar-refractivity contribution in [2.75, 3.05) is 31.1 Å². The first-order valence-electron chi connectivity index (χ1n) is 20.4. The molecule has 0 bridgehead atoms. The number of unbranched alkanes of at least 4 members (excludes halogenated alkanes) is 1. The molecular weight excluding hydrogens is 911 g/mol. The first-order chi connectivity index (χ1) is 30.8. The van der Waals surface area contributed by atoms with Gasteiger partial charge in [-0.3, -0.25) is 52.9 Å². The highest BCUT2D eigenvalue weighted by Crippen LogP contribution is 2.41. The minimum absolute atomic E-state index is 0.0184. The second kappa shape index (κ2) is 26.2. The Bertz CT molecular complexity index is 1950. The topological polar surface area (TPSA) is 404 Å². The summed E-state index contributed by atoms with van der Waals surface area (Å²) >= 11 is 9.19. The predicted octanol–water partition coefficient (Wildman–Crippen LogP) is -5.41. The molecule has 1 aromatic rings. The minimum atomic E-state index is -1.79. The Labute approximate surface area is 389 Å². The van der Waals surface area contributed by atoms with Gasteiger partial charge >= 0.3 is 5.97 Å². The lowest BCUT2D eigenvalue weighted by Gasteiger charge is -2.26. The van der Waals surface area contributed by atoms with Crippen molar-refractivity contribution >= 4 is 102 Å². The number of hydrogen-bond donors (Lipinski definition) is 15. The molecule has 0 aromatic heterocycles. The summed E-state index contributed by atoms with van der Waals surface area (Å²) in [4.78, 5) is 137. The summed E-state index contributed by atoms with van der Waals surface area (Å²) in [5.74, 6) is -11.0. The van der Waals surface area contributed by atoms with Gasteiger partial charge in [-0.2, -0.15) is 25.3 Å². The van der Waals surface area contributed by atoms with E-state index in [-0.39, 0.29) is 56.9 Å². The van der Waals surface area contributed by atoms with Crippen molar-refractivity contribution in [3.63, 3.8) is 0 Å². The van der Waals surface area contributed by atoms with E-state index in [4.69, 9.17) is 22.9 Å². The lowest BCUT2D eigenvalue weighted by atomic mass is 10.0. The number of aliphatic imine (C=N–C) groups is 1. The van der Waals surface area contributed by atoms with Gasteiger partial charge in [-0.25, -0.2) is 0 Å². The molecule has 27 heteroatoms. The quantitative estimate of drug-likeness (QED) is 0.0358. The summed E-state index contributed by atoms with van der Waals surface area (Å²) in [6.45, 7) is -0.503. The number of benzene rings is 1. The van der Waals surface area contributed by atoms with Crippen molar-refractivity contribution < 1.29 is 53.1 Å². The second-order valence-corrected chi connectivity index (χ2v) is 17.2. The lowest BCUT2D eigenvalue weighted by Crippen LogP contribution is -2.60. The number of carbonyl (C=O) groups is 10. The molecule has 1 saturated carbocycles. The van der Waals surface area contributed by atoms with Crippen molar-refractivity contribution in [2.45, 2.75) is 97.7 Å². The molecule has 1 saturated heterocycles. The van der Waals surface area contributed by atoms with Gasteiger partial charge in [0.2, 0.25) is 47.3 Å². The van der Waals surface area contributed by atoms with Crippen LogP contribution in [0.5, 0.6) is 0 Å². The molecular formula is C38H57N13O11S3. The van der Waals surface area contributed by atoms with E-state index in [1.165, 1.54) is 0 Å². The maximum Gasteiger partial charge on any atom is 0.305 e. The van der Waals surface area contributed by atoms with Gasteiger partial charge in [-0.1, -0.05) is 30.3 Å². The highest BCUT2D eigenvalue weighted by molar-refractivity contribution is 8.01. The van der Waals surface area contributed by atoms with Crippen LogP contribution in [0.3, 0.4) is 0 Å². The highest BCUT2D eigenvalue weighted by Gasteiger charge is 2.60. The van der Waals surface area contributed by atoms with Crippen LogP contribution in [-0.4, -0.2) is 148 Å². The number of amides is 9. The lowest BCUT2D eigenvalue weighted by molar-refractivity contribution is -0.141. The molecule has 1 heterocycles. The molecule has 358 valence electrons. The molecule has 65 heavy (non-hydrogen) atoms. The molecule has 9 amide bonds. The fourth-order valence-corrected chi connectivity index (χ4v) is 7.84. The molecule has 1 unspecified atom stereocenters. The average molecular weight is 968 g/mol. The Kier molecular flexibility index (Phi) is 21.6. The van der Waals surface area contributed by atoms with Crippen molar-refractivity contribution in [3.8, 4) is 0 Å². The molecule has 3 rings (SSSR count). The molecule has 17 N–H and O–H groups in total. The van der Waals surface area contributed by atoms with E-state index in [9.17, 15) is 53.1 Å². The number of nitrogens with zero attached hydrogens (tertiary/aromatic N) is 1. The Balaban J connectivity index is 2.02. The number of aliphatic carboxylic acids is 1. The van der Waals surface area contributed by atoms with Crippen LogP contribution >= 0.6 is 37.0 Å². The number of hydrogen-bond acceptors (Lipinski definition) is 15. The molecule has 0 radical (unpaired) electrons. The number of thioether (sulfide) groups is 1. The third-order valence-electron chi connectivity index (χ3n) is 9.94. The summed E-state index contributed by atoms with van der Waals surface area (Å²) in [7, 11) is 0. The Morgan fingerprint density at radius 1 is 0.754 bits per heavy atom. The minimum Gasteiger partial charge on any atom is -0.481 e. The van der Waals surface area contributed by atoms with Gasteiger partial charge < -0.3 is 70.6 Å². The third-order valence-corrected chi connectivity index (χ3v) is 12.0. The Hall–Kier alpha value is -5.80. The van der Waals surface area contributed by atoms with Crippen LogP contribution < -0.4 is 65.5 Å². The molecule has 1 aliphatic carbocycles. The number of carboxylic acid groups (broad SMARTS) is 1. The fraction of sp³-hybridized carbons (Fsp3) is 0.553. The van der Waals surface area contributed by atoms with Crippen LogP contribution in [0.4, 0.5) is 0 Å². The van der Waals surface area contributed by atoms with Crippen LogP contribution in [0.1, 0.15) is 50.5 Å². The van der Waals surface area contributed by atoms with Gasteiger partial charge in [-0.05, 0) is 50.6 Å². The molecule has 8 atom stereocenters. The molecule has 1 aliphatic heterocycles. The standard InChI is InChI=1S/C38H57N13O11S3/c39-11-5-4-9-21-34(61)51-38(15-25(38)64)36(62)49-20(10-6-12-43-37(41)42)30(57)44-16-26(52)46-23(14-28(54)55)31(58)48-24(17-63)33(60)47-22(13-19-7-2-1-3-8-19)32(59)50-35(29(40)56)65-18-27(53)45-21/h1-3,7-8,20-25,35,63-64H,4-6,9-18,39H2,(H2,40,56)(H,44,57)(H,45,53)(H,46,52)(H,47,60)(H,48,58)(H,49,62)(H,50,59)(H,51,61)(H,54,55)(H4,41,42,43)/t20-,21-,22-,23-,24?,25+,35-,38+/m0/s1. The maximum atomic E-state index is 13.9. The molecule has 2 fully saturated rings. The monoisotopic (exact) mass is 967 g/mol. The third kappa shape index (κ3) is 17.6. The summed E-state index contributed by atoms with van der Waals surface area (Å²) in [5, 5.41) is 26.9. The van der Waals surface area contributed by atoms with Crippen molar-refractivity contribution in [1.29, 1.82) is 0 Å². The van der Waals surface area contributed by atoms with E-state index >= 15 is 0 Å². The van der Waals surface area contributed by atoms with Crippen LogP contribution in [0.2, 0.25) is 0 Å². The first-order valence-corrected chi connectivity index (χ1v) is 22.6. The SMILES string of the molecule is NCCCC[C@@H]1NC(=O)CS[C@@H](C(N)=O)NC(=O)[C@H](Cc2ccccc2)NC(=O)C(CS)NC(=O)[C@H](CC(=O)O)NC(=O)CNC(=O)[C@H](CCCN=C(N)N)NC(=O)[C@]2(C[C@H]2S)NC1=O. The summed E-state index contributed by atoms with van der Waals surface area (Å²) in [5.41, 5.74) is 21.0. The number of carboxylic acids is 1. The van der Waals surface area contributed by atoms with E-state index in [0.717, 1.165) is 0 Å². The largest absolute Gasteiger partial charge is 0.481 e. The van der Waals surface area contributed by atoms with Gasteiger partial charge in [0, 0.05) is 24.0 Å². The maximum absolute atomic E-state index is 13.9. The fourth-order valence-electron chi connectivity index (χ4n) is 6.35. The van der Waals surface area contributed by atoms with E-state index in [0.29, 0.717) is 30.2 Å². The number of primary amides is 1. The van der Waals surface area contributed by atoms with Crippen LogP contribution in [0, 0.1) is 0 Å². The van der Waals surface area contributed by atoms with Gasteiger partial charge in [-0.15, -0.1) is 11.8 Å². The number of nitrogens with one attached hydrogen (secondary N) is 8. The molecule has 1 aromatic carbocycles. The Morgan fingerprint density at radius 3 is 1.95 bits per heavy atom. The number of nitrogens with two attached hydrogens (primary N) is 4. The summed E-state index contributed by atoms with van der Waals surface area (Å²) in [6, 6.07) is 1.05. The number of carbonyl (C=O) groups excluding carboxylic acids is 9. The molecule has 24 nitrogen and oxygen atoms in total. The van der Waals surface area contributed by atoms with Gasteiger partial charge in [0.15, 0.2) is 11.3 Å². The number of guanidine groups is 1. The predicted molar refractivity (Wildman–Crippen MR) is 244 cm³/mol. The zero-order valence-electron chi connectivity index (χ0n) is 35.2. The van der Waals surface area contributed by atoms with Crippen molar-refractivity contribution in [2.24, 2.45) is 27.9 Å². The number of rotatable bonds is 14. The Morgan fingerprint density at radius 2 is 1.35 bits per heavy atom. The van der Waals surface area contributed by atoms with E-state index in [2.05, 4.69) is 72.8 Å². The summed E-state index contributed by atoms with van der Waals surface area (Å²) < 4.78 is 0. The second-order valence-electron chi connectivity index (χ2n) is 15.1. The van der Waals surface area contributed by atoms with E-state index in [1.54, 1.807) is 30.3 Å². The van der Waals surface area contributed by atoms with Crippen LogP contribution in [-0.2, 0) is 54.4 Å². The smallest absolute Gasteiger partial charge is 0.305 e. The number of thiol groups is 2. The first kappa shape index (κ1) is 53.5. The normalized spacial score (nSPS) is 26.7. The van der Waals surface area contributed by atoms with Crippen LogP contribution in [0.25, 0.3) is 0 Å². The van der Waals surface area contributed by atoms with Crippen LogP contribution in [0.15, 0.2) is 35.3 Å². The van der Waals surface area contributed by atoms with Crippen molar-refractivity contribution in [3.05, 3.63) is 35.9 Å². The average Bonchev–Trinajstić information content (AvgIpc) is 3.91. The molecule has 2 aliphatic rings. The van der Waals surface area contributed by atoms with Gasteiger partial charge in [0.25, 0.3) is 5.91 Å². The summed E-state index contributed by atoms with van der Waals surface area (Å²) in [6.07, 6.45) is -0.103. The van der Waals surface area contributed by atoms with Gasteiger partial charge in [0.1, 0.15) is 35.7 Å². The van der Waals surface area contributed by atoms with E-state index in [1.807, 2.05) is 0 Å². The van der Waals surface area contributed by atoms with Gasteiger partial charge in [0.05, 0.1) is 18.7 Å². The highest BCUT2D eigenvalue weighted by atomic mass is 32.2. The zero-order chi connectivity index (χ0) is 48.3. The molecule has 1 spiro atoms. The van der Waals surface area contributed by atoms with Crippen molar-refractivity contribution in [1.82, 2.24) is 42.5 Å². The van der Waals surface area contributed by atoms with E-state index < -0.39 is 124 Å². The zero-order valence-corrected chi connectivity index (χ0v) is 37.8.